The minimum absolute atomic E-state index is 0. The molecule has 0 aliphatic rings. The third-order valence-electron chi connectivity index (χ3n) is 7.52. The number of para-hydroxylation sites is 1. The first kappa shape index (κ1) is 35.5. The van der Waals surface area contributed by atoms with Crippen molar-refractivity contribution in [3.8, 4) is 5.75 Å². The Morgan fingerprint density at radius 3 is 1.90 bits per heavy atom. The second kappa shape index (κ2) is 21.9. The first-order chi connectivity index (χ1) is 20.2. The van der Waals surface area contributed by atoms with Crippen LogP contribution in [0.1, 0.15) is 108 Å². The smallest absolute Gasteiger partial charge is 0.228 e. The average molecular weight is 642 g/mol. The summed E-state index contributed by atoms with van der Waals surface area (Å²) in [6, 6.07) is 18.6. The fourth-order valence-corrected chi connectivity index (χ4v) is 5.15. The molecule has 0 radical (unpaired) electrons. The molecule has 6 heteroatoms. The summed E-state index contributed by atoms with van der Waals surface area (Å²) in [6.07, 6.45) is 22.2. The van der Waals surface area contributed by atoms with Gasteiger partial charge in [-0.15, -0.1) is 0 Å². The van der Waals surface area contributed by atoms with E-state index in [0.717, 1.165) is 30.6 Å². The maximum atomic E-state index is 14.6. The summed E-state index contributed by atoms with van der Waals surface area (Å²) >= 11 is 0. The number of ether oxygens (including phenoxy) is 1. The molecule has 3 aromatic rings. The number of hydrogen-bond acceptors (Lipinski definition) is 2. The van der Waals surface area contributed by atoms with Gasteiger partial charge in [-0.2, -0.15) is 0 Å². The number of nitrogens with zero attached hydrogens (tertiary/aromatic N) is 1. The van der Waals surface area contributed by atoms with Gasteiger partial charge in [0.15, 0.2) is 30.5 Å². The Hall–Kier alpha value is -2.73. The van der Waals surface area contributed by atoms with Gasteiger partial charge < -0.3 is 27.0 Å². The van der Waals surface area contributed by atoms with E-state index in [2.05, 4.69) is 16.8 Å². The number of carbonyl (C=O) groups is 1. The number of pyridine rings is 1. The second-order valence-corrected chi connectivity index (χ2v) is 11.1. The zero-order valence-electron chi connectivity index (χ0n) is 25.5. The van der Waals surface area contributed by atoms with E-state index < -0.39 is 5.82 Å². The number of anilines is 1. The molecule has 0 aliphatic heterocycles. The van der Waals surface area contributed by atoms with Gasteiger partial charge in [-0.25, -0.2) is 8.96 Å². The number of rotatable bonds is 21. The highest BCUT2D eigenvalue weighted by molar-refractivity contribution is 5.92. The lowest BCUT2D eigenvalue weighted by molar-refractivity contribution is -0.688. The molecule has 0 saturated carbocycles. The number of carbonyl (C=O) groups excluding carboxylic acids is 1. The zero-order valence-corrected chi connectivity index (χ0v) is 27.1. The maximum absolute atomic E-state index is 14.6. The SMILES string of the molecule is CCCCCCCCCCCCCCCCOc1c(F)cccc1CC(=O)Nc1ccc(C[n+]2ccccc2)cc1.[Br-]. The molecule has 0 atom stereocenters. The second-order valence-electron chi connectivity index (χ2n) is 11.1. The van der Waals surface area contributed by atoms with Crippen molar-refractivity contribution in [1.29, 1.82) is 0 Å². The van der Waals surface area contributed by atoms with Crippen LogP contribution < -0.4 is 31.6 Å². The summed E-state index contributed by atoms with van der Waals surface area (Å²) in [5.41, 5.74) is 2.44. The summed E-state index contributed by atoms with van der Waals surface area (Å²) < 4.78 is 22.5. The van der Waals surface area contributed by atoms with E-state index in [1.54, 1.807) is 12.1 Å². The highest BCUT2D eigenvalue weighted by Crippen LogP contribution is 2.24. The number of unbranched alkanes of at least 4 members (excludes halogenated alkanes) is 13. The Kier molecular flexibility index (Phi) is 18.5. The molecule has 1 N–H and O–H groups in total. The molecule has 3 rings (SSSR count). The van der Waals surface area contributed by atoms with Crippen LogP contribution in [0.25, 0.3) is 0 Å². The number of aromatic nitrogens is 1. The van der Waals surface area contributed by atoms with Gasteiger partial charge in [0.25, 0.3) is 0 Å². The molecule has 0 spiro atoms. The summed E-state index contributed by atoms with van der Waals surface area (Å²) in [5.74, 6) is -0.405. The first-order valence-corrected chi connectivity index (χ1v) is 15.9. The van der Waals surface area contributed by atoms with Gasteiger partial charge in [0, 0.05) is 28.9 Å². The van der Waals surface area contributed by atoms with Crippen molar-refractivity contribution < 1.29 is 35.5 Å². The molecule has 0 unspecified atom stereocenters. The van der Waals surface area contributed by atoms with Crippen LogP contribution in [0.3, 0.4) is 0 Å². The van der Waals surface area contributed by atoms with Crippen molar-refractivity contribution in [2.75, 3.05) is 11.9 Å². The van der Waals surface area contributed by atoms with Gasteiger partial charge in [-0.3, -0.25) is 4.79 Å². The summed E-state index contributed by atoms with van der Waals surface area (Å²) in [6.45, 7) is 3.50. The predicted octanol–water partition coefficient (Wildman–Crippen LogP) is 6.21. The minimum atomic E-state index is -0.413. The van der Waals surface area contributed by atoms with Crippen LogP contribution in [-0.2, 0) is 17.8 Å². The van der Waals surface area contributed by atoms with Gasteiger partial charge in [0.05, 0.1) is 13.0 Å². The van der Waals surface area contributed by atoms with Crippen LogP contribution >= 0.6 is 0 Å². The fraction of sp³-hybridized carbons (Fsp3) is 0.500. The van der Waals surface area contributed by atoms with Gasteiger partial charge in [-0.1, -0.05) is 121 Å². The highest BCUT2D eigenvalue weighted by atomic mass is 79.9. The highest BCUT2D eigenvalue weighted by Gasteiger charge is 2.14. The van der Waals surface area contributed by atoms with E-state index in [9.17, 15) is 9.18 Å². The van der Waals surface area contributed by atoms with Gasteiger partial charge in [0.1, 0.15) is 0 Å². The van der Waals surface area contributed by atoms with E-state index >= 15 is 0 Å². The third-order valence-corrected chi connectivity index (χ3v) is 7.52. The van der Waals surface area contributed by atoms with Gasteiger partial charge in [-0.05, 0) is 24.6 Å². The molecule has 1 aromatic heterocycles. The van der Waals surface area contributed by atoms with Crippen LogP contribution in [0.2, 0.25) is 0 Å². The lowest BCUT2D eigenvalue weighted by Crippen LogP contribution is -3.00. The average Bonchev–Trinajstić information content (AvgIpc) is 2.98. The molecular formula is C36H50BrFN2O2. The van der Waals surface area contributed by atoms with Crippen LogP contribution in [0.4, 0.5) is 10.1 Å². The standard InChI is InChI=1S/C36H49FN2O2.BrH/c1-2-3-4-5-6-7-8-9-10-11-12-13-14-18-28-41-36-32(20-19-21-34(36)37)29-35(40)38-33-24-22-31(23-25-33)30-39-26-16-15-17-27-39;/h15-17,19-27H,2-14,18,28-30H2,1H3;1H. The Labute approximate surface area is 263 Å². The van der Waals surface area contributed by atoms with Crippen LogP contribution in [0.15, 0.2) is 73.1 Å². The molecule has 4 nitrogen and oxygen atoms in total. The Morgan fingerprint density at radius 2 is 1.31 bits per heavy atom. The Balaban J connectivity index is 0.00000616. The van der Waals surface area contributed by atoms with Crippen LogP contribution in [0, 0.1) is 5.82 Å². The summed E-state index contributed by atoms with van der Waals surface area (Å²) in [7, 11) is 0. The number of amides is 1. The van der Waals surface area contributed by atoms with Gasteiger partial charge >= 0.3 is 0 Å². The lowest BCUT2D eigenvalue weighted by Gasteiger charge is -2.13. The molecule has 0 saturated heterocycles. The van der Waals surface area contributed by atoms with Crippen molar-refractivity contribution in [1.82, 2.24) is 0 Å². The van der Waals surface area contributed by atoms with Crippen LogP contribution in [0.5, 0.6) is 5.75 Å². The minimum Gasteiger partial charge on any atom is -1.00 e. The third kappa shape index (κ3) is 14.4. The molecular weight excluding hydrogens is 591 g/mol. The number of nitrogens with one attached hydrogen (secondary N) is 1. The van der Waals surface area contributed by atoms with Crippen molar-refractivity contribution in [2.24, 2.45) is 0 Å². The van der Waals surface area contributed by atoms with Crippen LogP contribution in [-0.4, -0.2) is 12.5 Å². The van der Waals surface area contributed by atoms with Crippen molar-refractivity contribution in [2.45, 2.75) is 110 Å². The molecule has 230 valence electrons. The van der Waals surface area contributed by atoms with E-state index in [-0.39, 0.29) is 35.1 Å². The number of halogens is 2. The molecule has 1 heterocycles. The normalized spacial score (nSPS) is 10.7. The molecule has 42 heavy (non-hydrogen) atoms. The predicted molar refractivity (Wildman–Crippen MR) is 167 cm³/mol. The number of benzene rings is 2. The quantitative estimate of drug-likeness (QED) is 0.111. The van der Waals surface area contributed by atoms with Crippen molar-refractivity contribution in [3.63, 3.8) is 0 Å². The maximum Gasteiger partial charge on any atom is 0.228 e. The Bertz CT molecular complexity index is 1130. The Morgan fingerprint density at radius 1 is 0.738 bits per heavy atom. The van der Waals surface area contributed by atoms with E-state index in [1.807, 2.05) is 54.9 Å². The first-order valence-electron chi connectivity index (χ1n) is 15.9. The topological polar surface area (TPSA) is 42.2 Å². The number of hydrogen-bond donors (Lipinski definition) is 1. The molecule has 0 fully saturated rings. The summed E-state index contributed by atoms with van der Waals surface area (Å²) in [4.78, 5) is 12.7. The zero-order chi connectivity index (χ0) is 29.0. The monoisotopic (exact) mass is 640 g/mol. The summed E-state index contributed by atoms with van der Waals surface area (Å²) in [5, 5.41) is 2.93. The molecule has 0 aliphatic carbocycles. The fourth-order valence-electron chi connectivity index (χ4n) is 5.15. The lowest BCUT2D eigenvalue weighted by atomic mass is 10.0. The van der Waals surface area contributed by atoms with Gasteiger partial charge in [0.2, 0.25) is 5.91 Å². The largest absolute Gasteiger partial charge is 1.00 e. The van der Waals surface area contributed by atoms with E-state index in [1.165, 1.54) is 83.1 Å². The molecule has 2 aromatic carbocycles. The van der Waals surface area contributed by atoms with Crippen molar-refractivity contribution in [3.05, 3.63) is 90.0 Å². The molecule has 0 bridgehead atoms. The molecule has 1 amide bonds. The van der Waals surface area contributed by atoms with Crippen molar-refractivity contribution >= 4 is 11.6 Å². The van der Waals surface area contributed by atoms with E-state index in [0.29, 0.717) is 12.2 Å². The van der Waals surface area contributed by atoms with E-state index in [4.69, 9.17) is 4.74 Å².